The lowest BCUT2D eigenvalue weighted by molar-refractivity contribution is 0.160. The molecule has 1 heterocycles. The molecule has 118 valence electrons. The van der Waals surface area contributed by atoms with Gasteiger partial charge < -0.3 is 16.0 Å². The summed E-state index contributed by atoms with van der Waals surface area (Å²) in [6.45, 7) is 5.48. The predicted molar refractivity (Wildman–Crippen MR) is 101 cm³/mol. The largest absolute Gasteiger partial charge is 0.370 e. The summed E-state index contributed by atoms with van der Waals surface area (Å²) in [6.07, 6.45) is 5.12. The van der Waals surface area contributed by atoms with Crippen molar-refractivity contribution in [3.63, 3.8) is 0 Å². The van der Waals surface area contributed by atoms with E-state index in [4.69, 9.17) is 5.73 Å². The maximum atomic E-state index is 5.88. The van der Waals surface area contributed by atoms with Gasteiger partial charge in [-0.3, -0.25) is 4.99 Å². The van der Waals surface area contributed by atoms with Crippen LogP contribution >= 0.6 is 24.0 Å². The van der Waals surface area contributed by atoms with Gasteiger partial charge >= 0.3 is 0 Å². The fourth-order valence-corrected chi connectivity index (χ4v) is 2.67. The second kappa shape index (κ2) is 10.00. The molecule has 1 aliphatic rings. The van der Waals surface area contributed by atoms with E-state index >= 15 is 0 Å². The standard InChI is InChI=1S/C16H26N4.HI/c1-14-8-5-6-12-20(14)13-7-11-18-16(17)19-15-9-3-2-4-10-15;/h2-4,9-10,14H,5-8,11-13H2,1H3,(H3,17,18,19);1H. The van der Waals surface area contributed by atoms with Crippen molar-refractivity contribution in [3.8, 4) is 0 Å². The SMILES string of the molecule is CC1CCCCN1CCCN=C(N)Nc1ccccc1.I. The Balaban J connectivity index is 0.00000220. The minimum absolute atomic E-state index is 0. The molecule has 3 N–H and O–H groups in total. The third-order valence-electron chi connectivity index (χ3n) is 3.87. The van der Waals surface area contributed by atoms with E-state index in [2.05, 4.69) is 22.1 Å². The quantitative estimate of drug-likeness (QED) is 0.344. The highest BCUT2D eigenvalue weighted by molar-refractivity contribution is 14.0. The summed E-state index contributed by atoms with van der Waals surface area (Å²) in [4.78, 5) is 6.95. The average Bonchev–Trinajstić information content (AvgIpc) is 2.46. The van der Waals surface area contributed by atoms with E-state index < -0.39 is 0 Å². The van der Waals surface area contributed by atoms with Crippen LogP contribution in [0.2, 0.25) is 0 Å². The van der Waals surface area contributed by atoms with Crippen molar-refractivity contribution >= 4 is 35.6 Å². The molecule has 1 aromatic carbocycles. The summed E-state index contributed by atoms with van der Waals surface area (Å²) >= 11 is 0. The van der Waals surface area contributed by atoms with Crippen LogP contribution in [0.4, 0.5) is 5.69 Å². The first-order valence-corrected chi connectivity index (χ1v) is 7.62. The first-order valence-electron chi connectivity index (χ1n) is 7.62. The molecule has 1 aromatic rings. The number of hydrogen-bond donors (Lipinski definition) is 2. The molecule has 1 atom stereocenters. The van der Waals surface area contributed by atoms with Gasteiger partial charge in [0.25, 0.3) is 0 Å². The zero-order valence-electron chi connectivity index (χ0n) is 12.8. The van der Waals surface area contributed by atoms with E-state index in [1.54, 1.807) is 0 Å². The normalized spacial score (nSPS) is 19.9. The molecule has 0 saturated carbocycles. The van der Waals surface area contributed by atoms with Crippen LogP contribution in [0, 0.1) is 0 Å². The second-order valence-electron chi connectivity index (χ2n) is 5.49. The van der Waals surface area contributed by atoms with Gasteiger partial charge in [-0.1, -0.05) is 24.6 Å². The minimum atomic E-state index is 0. The molecule has 0 aromatic heterocycles. The molecule has 1 aliphatic heterocycles. The van der Waals surface area contributed by atoms with Crippen LogP contribution in [0.3, 0.4) is 0 Å². The molecule has 0 amide bonds. The number of aliphatic imine (C=N–C) groups is 1. The van der Waals surface area contributed by atoms with Crippen LogP contribution < -0.4 is 11.1 Å². The molecular formula is C16H27IN4. The smallest absolute Gasteiger partial charge is 0.193 e. The topological polar surface area (TPSA) is 53.6 Å². The predicted octanol–water partition coefficient (Wildman–Crippen LogP) is 3.30. The molecule has 0 bridgehead atoms. The van der Waals surface area contributed by atoms with E-state index in [1.807, 2.05) is 30.3 Å². The number of benzene rings is 1. The molecule has 4 nitrogen and oxygen atoms in total. The van der Waals surface area contributed by atoms with Gasteiger partial charge in [-0.2, -0.15) is 0 Å². The first kappa shape index (κ1) is 18.2. The van der Waals surface area contributed by atoms with Crippen molar-refractivity contribution in [2.75, 3.05) is 25.0 Å². The highest BCUT2D eigenvalue weighted by Crippen LogP contribution is 2.16. The Labute approximate surface area is 145 Å². The molecule has 1 fully saturated rings. The van der Waals surface area contributed by atoms with Crippen LogP contribution in [0.5, 0.6) is 0 Å². The minimum Gasteiger partial charge on any atom is -0.370 e. The van der Waals surface area contributed by atoms with Crippen molar-refractivity contribution in [1.29, 1.82) is 0 Å². The number of guanidine groups is 1. The van der Waals surface area contributed by atoms with Gasteiger partial charge in [-0.05, 0) is 44.9 Å². The van der Waals surface area contributed by atoms with Gasteiger partial charge in [-0.15, -0.1) is 24.0 Å². The molecule has 21 heavy (non-hydrogen) atoms. The van der Waals surface area contributed by atoms with E-state index in [0.29, 0.717) is 5.96 Å². The molecule has 0 spiro atoms. The fourth-order valence-electron chi connectivity index (χ4n) is 2.67. The fraction of sp³-hybridized carbons (Fsp3) is 0.562. The molecule has 1 unspecified atom stereocenters. The third-order valence-corrected chi connectivity index (χ3v) is 3.87. The van der Waals surface area contributed by atoms with E-state index in [9.17, 15) is 0 Å². The number of likely N-dealkylation sites (tertiary alicyclic amines) is 1. The number of hydrogen-bond acceptors (Lipinski definition) is 2. The maximum Gasteiger partial charge on any atom is 0.193 e. The van der Waals surface area contributed by atoms with Gasteiger partial charge in [0.05, 0.1) is 0 Å². The maximum absolute atomic E-state index is 5.88. The molecule has 2 rings (SSSR count). The van der Waals surface area contributed by atoms with Crippen LogP contribution in [-0.2, 0) is 0 Å². The summed E-state index contributed by atoms with van der Waals surface area (Å²) in [5, 5.41) is 3.10. The summed E-state index contributed by atoms with van der Waals surface area (Å²) in [5.74, 6) is 0.503. The van der Waals surface area contributed by atoms with Crippen molar-refractivity contribution in [2.45, 2.75) is 38.6 Å². The van der Waals surface area contributed by atoms with Gasteiger partial charge in [-0.25, -0.2) is 0 Å². The zero-order valence-corrected chi connectivity index (χ0v) is 15.1. The number of anilines is 1. The summed E-state index contributed by atoms with van der Waals surface area (Å²) in [7, 11) is 0. The Kier molecular flexibility index (Phi) is 8.68. The van der Waals surface area contributed by atoms with Gasteiger partial charge in [0.15, 0.2) is 5.96 Å². The van der Waals surface area contributed by atoms with Gasteiger partial charge in [0, 0.05) is 24.8 Å². The number of halogens is 1. The number of nitrogens with zero attached hydrogens (tertiary/aromatic N) is 2. The van der Waals surface area contributed by atoms with Crippen molar-refractivity contribution in [1.82, 2.24) is 4.90 Å². The van der Waals surface area contributed by atoms with Crippen LogP contribution in [-0.4, -0.2) is 36.5 Å². The van der Waals surface area contributed by atoms with E-state index in [1.165, 1.54) is 25.8 Å². The van der Waals surface area contributed by atoms with Crippen molar-refractivity contribution in [2.24, 2.45) is 10.7 Å². The monoisotopic (exact) mass is 402 g/mol. The zero-order chi connectivity index (χ0) is 14.2. The van der Waals surface area contributed by atoms with Gasteiger partial charge in [0.1, 0.15) is 0 Å². The molecule has 5 heteroatoms. The average molecular weight is 402 g/mol. The Morgan fingerprint density at radius 2 is 2.10 bits per heavy atom. The lowest BCUT2D eigenvalue weighted by Crippen LogP contribution is -2.38. The molecule has 0 radical (unpaired) electrons. The Bertz CT molecular complexity index is 422. The third kappa shape index (κ3) is 6.65. The van der Waals surface area contributed by atoms with Crippen LogP contribution in [0.1, 0.15) is 32.6 Å². The van der Waals surface area contributed by atoms with Crippen molar-refractivity contribution < 1.29 is 0 Å². The number of nitrogens with one attached hydrogen (secondary N) is 1. The molecule has 1 saturated heterocycles. The Morgan fingerprint density at radius 3 is 2.81 bits per heavy atom. The van der Waals surface area contributed by atoms with Crippen LogP contribution in [0.15, 0.2) is 35.3 Å². The lowest BCUT2D eigenvalue weighted by Gasteiger charge is -2.33. The number of nitrogens with two attached hydrogens (primary N) is 1. The summed E-state index contributed by atoms with van der Waals surface area (Å²) < 4.78 is 0. The van der Waals surface area contributed by atoms with Crippen LogP contribution in [0.25, 0.3) is 0 Å². The highest BCUT2D eigenvalue weighted by Gasteiger charge is 2.16. The Morgan fingerprint density at radius 1 is 1.33 bits per heavy atom. The number of piperidine rings is 1. The second-order valence-corrected chi connectivity index (χ2v) is 5.49. The molecule has 0 aliphatic carbocycles. The summed E-state index contributed by atoms with van der Waals surface area (Å²) in [6, 6.07) is 10.6. The molecular weight excluding hydrogens is 375 g/mol. The highest BCUT2D eigenvalue weighted by atomic mass is 127. The van der Waals surface area contributed by atoms with Gasteiger partial charge in [0.2, 0.25) is 0 Å². The van der Waals surface area contributed by atoms with E-state index in [0.717, 1.165) is 31.2 Å². The Hall–Kier alpha value is -0.820. The van der Waals surface area contributed by atoms with Crippen molar-refractivity contribution in [3.05, 3.63) is 30.3 Å². The van der Waals surface area contributed by atoms with E-state index in [-0.39, 0.29) is 24.0 Å². The lowest BCUT2D eigenvalue weighted by atomic mass is 10.0. The number of para-hydroxylation sites is 1. The first-order chi connectivity index (χ1) is 9.75. The summed E-state index contributed by atoms with van der Waals surface area (Å²) in [5.41, 5.74) is 6.86. The number of rotatable bonds is 5.